The first-order valence-corrected chi connectivity index (χ1v) is 6.12. The van der Waals surface area contributed by atoms with Crippen molar-refractivity contribution in [1.29, 1.82) is 0 Å². The summed E-state index contributed by atoms with van der Waals surface area (Å²) in [5.74, 6) is -0.811. The minimum atomic E-state index is -4.35. The first kappa shape index (κ1) is 14.1. The summed E-state index contributed by atoms with van der Waals surface area (Å²) >= 11 is 0. The van der Waals surface area contributed by atoms with Crippen molar-refractivity contribution in [3.8, 4) is 0 Å². The van der Waals surface area contributed by atoms with E-state index >= 15 is 0 Å². The molecule has 1 unspecified atom stereocenters. The molecule has 1 N–H and O–H groups in total. The van der Waals surface area contributed by atoms with Crippen LogP contribution < -0.4 is 0 Å². The Bertz CT molecular complexity index is 330. The van der Waals surface area contributed by atoms with Crippen LogP contribution in [-0.2, 0) is 19.6 Å². The smallest absolute Gasteiger partial charge is 0.334 e. The third-order valence-electron chi connectivity index (χ3n) is 1.71. The molecule has 1 atom stereocenters. The van der Waals surface area contributed by atoms with Gasteiger partial charge in [0.2, 0.25) is 5.44 Å². The third kappa shape index (κ3) is 5.54. The molecule has 88 valence electrons. The Hall–Kier alpha value is -0.880. The van der Waals surface area contributed by atoms with E-state index in [4.69, 9.17) is 4.55 Å². The molecule has 0 fully saturated rings. The number of carbonyl (C=O) groups is 1. The fraction of sp³-hybridized carbons (Fsp3) is 0.667. The summed E-state index contributed by atoms with van der Waals surface area (Å²) in [6, 6.07) is 0. The number of esters is 1. The fourth-order valence-corrected chi connectivity index (χ4v) is 1.53. The molecule has 0 amide bonds. The minimum absolute atomic E-state index is 0.0916. The predicted octanol–water partition coefficient (Wildman–Crippen LogP) is 1.51. The molecule has 0 aromatic carbocycles. The Kier molecular flexibility index (Phi) is 5.53. The second kappa shape index (κ2) is 5.87. The van der Waals surface area contributed by atoms with Crippen LogP contribution in [0.1, 0.15) is 33.1 Å². The lowest BCUT2D eigenvalue weighted by atomic mass is 10.2. The molecule has 6 heteroatoms. The van der Waals surface area contributed by atoms with E-state index in [-0.39, 0.29) is 12.0 Å². The molecule has 0 aromatic heterocycles. The van der Waals surface area contributed by atoms with Crippen molar-refractivity contribution in [2.75, 3.05) is 0 Å². The van der Waals surface area contributed by atoms with E-state index in [0.29, 0.717) is 6.42 Å². The lowest BCUT2D eigenvalue weighted by Crippen LogP contribution is -2.27. The molecule has 0 bridgehead atoms. The molecule has 0 aromatic rings. The number of carbonyl (C=O) groups excluding carboxylic acids is 1. The van der Waals surface area contributed by atoms with Gasteiger partial charge in [-0.2, -0.15) is 8.42 Å². The van der Waals surface area contributed by atoms with Crippen LogP contribution in [0.2, 0.25) is 0 Å². The number of ether oxygens (including phenoxy) is 1. The number of rotatable bonds is 6. The second-order valence-electron chi connectivity index (χ2n) is 3.27. The van der Waals surface area contributed by atoms with Gasteiger partial charge in [0, 0.05) is 12.0 Å². The normalized spacial score (nSPS) is 13.3. The summed E-state index contributed by atoms with van der Waals surface area (Å²) in [5, 5.41) is 0. The van der Waals surface area contributed by atoms with Gasteiger partial charge in [0.25, 0.3) is 0 Å². The standard InChI is InChI=1S/C9H16O5S/c1-4-5-6-8(15(11,12)13)14-9(10)7(2)3/h8H,2,4-6H2,1,3H3,(H,11,12,13). The van der Waals surface area contributed by atoms with E-state index < -0.39 is 21.5 Å². The molecule has 0 spiro atoms. The quantitative estimate of drug-likeness (QED) is 0.429. The highest BCUT2D eigenvalue weighted by molar-refractivity contribution is 7.86. The van der Waals surface area contributed by atoms with Gasteiger partial charge < -0.3 is 4.74 Å². The molecule has 0 heterocycles. The summed E-state index contributed by atoms with van der Waals surface area (Å²) in [5.41, 5.74) is -1.39. The fourth-order valence-electron chi connectivity index (χ4n) is 0.859. The number of hydrogen-bond acceptors (Lipinski definition) is 4. The summed E-state index contributed by atoms with van der Waals surface area (Å²) in [6.07, 6.45) is 1.39. The van der Waals surface area contributed by atoms with Gasteiger partial charge in [-0.05, 0) is 13.3 Å². The topological polar surface area (TPSA) is 80.7 Å². The van der Waals surface area contributed by atoms with Crippen molar-refractivity contribution in [2.24, 2.45) is 0 Å². The zero-order valence-electron chi connectivity index (χ0n) is 8.89. The van der Waals surface area contributed by atoms with Crippen molar-refractivity contribution in [2.45, 2.75) is 38.5 Å². The van der Waals surface area contributed by atoms with Crippen LogP contribution in [0, 0.1) is 0 Å². The molecule has 15 heavy (non-hydrogen) atoms. The Labute approximate surface area is 89.9 Å². The number of unbranched alkanes of at least 4 members (excludes halogenated alkanes) is 1. The summed E-state index contributed by atoms with van der Waals surface area (Å²) in [6.45, 7) is 6.59. The second-order valence-corrected chi connectivity index (χ2v) is 4.83. The Balaban J connectivity index is 4.53. The number of hydrogen-bond donors (Lipinski definition) is 1. The summed E-state index contributed by atoms with van der Waals surface area (Å²) < 4.78 is 35.1. The maximum atomic E-state index is 11.1. The van der Waals surface area contributed by atoms with Crippen LogP contribution >= 0.6 is 0 Å². The van der Waals surface area contributed by atoms with Crippen LogP contribution in [-0.4, -0.2) is 24.4 Å². The van der Waals surface area contributed by atoms with E-state index in [1.165, 1.54) is 6.92 Å². The summed E-state index contributed by atoms with van der Waals surface area (Å²) in [4.78, 5) is 11.1. The molecule has 0 radical (unpaired) electrons. The van der Waals surface area contributed by atoms with Gasteiger partial charge in [-0.1, -0.05) is 19.9 Å². The van der Waals surface area contributed by atoms with Crippen molar-refractivity contribution >= 4 is 16.1 Å². The van der Waals surface area contributed by atoms with E-state index in [9.17, 15) is 13.2 Å². The molecular weight excluding hydrogens is 220 g/mol. The average Bonchev–Trinajstić information content (AvgIpc) is 2.09. The Morgan fingerprint density at radius 1 is 1.53 bits per heavy atom. The maximum absolute atomic E-state index is 11.1. The largest absolute Gasteiger partial charge is 0.440 e. The molecule has 0 aliphatic rings. The first-order chi connectivity index (χ1) is 6.79. The molecule has 0 aliphatic heterocycles. The van der Waals surface area contributed by atoms with Gasteiger partial charge >= 0.3 is 16.1 Å². The zero-order chi connectivity index (χ0) is 12.1. The highest BCUT2D eigenvalue weighted by atomic mass is 32.2. The molecule has 0 saturated heterocycles. The van der Waals surface area contributed by atoms with Crippen LogP contribution in [0.5, 0.6) is 0 Å². The molecule has 5 nitrogen and oxygen atoms in total. The van der Waals surface area contributed by atoms with Crippen molar-refractivity contribution < 1.29 is 22.5 Å². The zero-order valence-corrected chi connectivity index (χ0v) is 9.71. The van der Waals surface area contributed by atoms with E-state index in [2.05, 4.69) is 11.3 Å². The average molecular weight is 236 g/mol. The van der Waals surface area contributed by atoms with E-state index in [1.807, 2.05) is 6.92 Å². The van der Waals surface area contributed by atoms with E-state index in [0.717, 1.165) is 6.42 Å². The minimum Gasteiger partial charge on any atom is -0.440 e. The van der Waals surface area contributed by atoms with Crippen LogP contribution in [0.15, 0.2) is 12.2 Å². The third-order valence-corrected chi connectivity index (χ3v) is 2.71. The lowest BCUT2D eigenvalue weighted by Gasteiger charge is -2.14. The van der Waals surface area contributed by atoms with Gasteiger partial charge in [0.15, 0.2) is 0 Å². The first-order valence-electron chi connectivity index (χ1n) is 4.61. The van der Waals surface area contributed by atoms with Gasteiger partial charge in [-0.25, -0.2) is 4.79 Å². The van der Waals surface area contributed by atoms with Crippen LogP contribution in [0.3, 0.4) is 0 Å². The Morgan fingerprint density at radius 3 is 2.40 bits per heavy atom. The highest BCUT2D eigenvalue weighted by Gasteiger charge is 2.26. The van der Waals surface area contributed by atoms with Gasteiger partial charge in [-0.3, -0.25) is 4.55 Å². The summed E-state index contributed by atoms with van der Waals surface area (Å²) in [7, 11) is -4.35. The van der Waals surface area contributed by atoms with Crippen molar-refractivity contribution in [3.05, 3.63) is 12.2 Å². The van der Waals surface area contributed by atoms with Crippen molar-refractivity contribution in [1.82, 2.24) is 0 Å². The van der Waals surface area contributed by atoms with Gasteiger partial charge in [0.1, 0.15) is 0 Å². The van der Waals surface area contributed by atoms with Crippen LogP contribution in [0.4, 0.5) is 0 Å². The SMILES string of the molecule is C=C(C)C(=O)OC(CCCC)S(=O)(=O)O. The predicted molar refractivity (Wildman–Crippen MR) is 55.8 cm³/mol. The van der Waals surface area contributed by atoms with Gasteiger partial charge in [-0.15, -0.1) is 0 Å². The van der Waals surface area contributed by atoms with E-state index in [1.54, 1.807) is 0 Å². The lowest BCUT2D eigenvalue weighted by molar-refractivity contribution is -0.141. The van der Waals surface area contributed by atoms with Crippen molar-refractivity contribution in [3.63, 3.8) is 0 Å². The Morgan fingerprint density at radius 2 is 2.07 bits per heavy atom. The monoisotopic (exact) mass is 236 g/mol. The molecule has 0 rings (SSSR count). The maximum Gasteiger partial charge on any atom is 0.334 e. The molecular formula is C9H16O5S. The van der Waals surface area contributed by atoms with Crippen LogP contribution in [0.25, 0.3) is 0 Å². The molecule has 0 aliphatic carbocycles. The van der Waals surface area contributed by atoms with Gasteiger partial charge in [0.05, 0.1) is 0 Å². The molecule has 0 saturated carbocycles. The highest BCUT2D eigenvalue weighted by Crippen LogP contribution is 2.12.